The molecule has 0 radical (unpaired) electrons. The van der Waals surface area contributed by atoms with Gasteiger partial charge >= 0.3 is 0 Å². The number of piperazine rings is 1. The summed E-state index contributed by atoms with van der Waals surface area (Å²) in [5, 5.41) is 0. The van der Waals surface area contributed by atoms with E-state index in [0.717, 1.165) is 22.8 Å². The van der Waals surface area contributed by atoms with Crippen molar-refractivity contribution in [2.24, 2.45) is 0 Å². The molecule has 2 rings (SSSR count). The Morgan fingerprint density at radius 2 is 1.86 bits per heavy atom. The molecule has 22 heavy (non-hydrogen) atoms. The second-order valence-electron chi connectivity index (χ2n) is 5.78. The lowest BCUT2D eigenvalue weighted by Crippen LogP contribution is -2.49. The van der Waals surface area contributed by atoms with Crippen molar-refractivity contribution < 1.29 is 9.59 Å². The van der Waals surface area contributed by atoms with E-state index in [0.29, 0.717) is 25.2 Å². The third-order valence-corrected chi connectivity index (χ3v) is 4.72. The highest BCUT2D eigenvalue weighted by Crippen LogP contribution is 2.18. The topological polar surface area (TPSA) is 43.9 Å². The monoisotopic (exact) mass is 321 g/mol. The lowest BCUT2D eigenvalue weighted by molar-refractivity contribution is -0.125. The number of hydrogen-bond acceptors (Lipinski definition) is 4. The molecule has 2 amide bonds. The van der Waals surface area contributed by atoms with Gasteiger partial charge in [0.15, 0.2) is 0 Å². The van der Waals surface area contributed by atoms with Crippen molar-refractivity contribution in [2.45, 2.75) is 6.92 Å². The van der Waals surface area contributed by atoms with E-state index in [1.807, 2.05) is 24.0 Å². The van der Waals surface area contributed by atoms with Crippen LogP contribution in [-0.4, -0.2) is 73.3 Å². The van der Waals surface area contributed by atoms with Crippen molar-refractivity contribution in [3.05, 3.63) is 34.0 Å². The van der Waals surface area contributed by atoms with Gasteiger partial charge in [-0.2, -0.15) is 0 Å². The largest absolute Gasteiger partial charge is 0.345 e. The van der Waals surface area contributed by atoms with Gasteiger partial charge in [0.2, 0.25) is 5.91 Å². The summed E-state index contributed by atoms with van der Waals surface area (Å²) in [4.78, 5) is 31.8. The van der Waals surface area contributed by atoms with E-state index in [-0.39, 0.29) is 11.8 Å². The van der Waals surface area contributed by atoms with Gasteiger partial charge in [0.1, 0.15) is 0 Å². The van der Waals surface area contributed by atoms with Crippen molar-refractivity contribution in [2.75, 3.05) is 46.8 Å². The van der Waals surface area contributed by atoms with E-state index >= 15 is 0 Å². The Bertz CT molecular complexity index is 572. The minimum absolute atomic E-state index is 0.0347. The van der Waals surface area contributed by atoms with E-state index in [1.165, 1.54) is 11.3 Å². The lowest BCUT2D eigenvalue weighted by Gasteiger charge is -2.34. The Morgan fingerprint density at radius 1 is 1.23 bits per heavy atom. The molecule has 1 aromatic rings. The summed E-state index contributed by atoms with van der Waals surface area (Å²) < 4.78 is 0. The quantitative estimate of drug-likeness (QED) is 0.789. The standard InChI is InChI=1S/C16H23N3O2S/c1-12(15(20)17(3)4)11-18-7-9-19(10-8-18)16(21)14-6-5-13(2)22-14/h5-6H,1,7-11H2,2-4H3. The molecular weight excluding hydrogens is 298 g/mol. The van der Waals surface area contributed by atoms with Gasteiger partial charge in [0, 0.05) is 57.3 Å². The molecule has 1 aromatic heterocycles. The van der Waals surface area contributed by atoms with Crippen LogP contribution >= 0.6 is 11.3 Å². The van der Waals surface area contributed by atoms with Crippen molar-refractivity contribution in [3.8, 4) is 0 Å². The SMILES string of the molecule is C=C(CN1CCN(C(=O)c2ccc(C)s2)CC1)C(=O)N(C)C. The lowest BCUT2D eigenvalue weighted by atomic mass is 10.2. The number of carbonyl (C=O) groups excluding carboxylic acids is 2. The molecule has 2 heterocycles. The summed E-state index contributed by atoms with van der Waals surface area (Å²) in [7, 11) is 3.46. The number of thiophene rings is 1. The molecule has 0 bridgehead atoms. The molecule has 0 atom stereocenters. The van der Waals surface area contributed by atoms with Gasteiger partial charge in [-0.1, -0.05) is 6.58 Å². The molecule has 0 spiro atoms. The summed E-state index contributed by atoms with van der Waals surface area (Å²) in [6, 6.07) is 3.87. The number of hydrogen-bond donors (Lipinski definition) is 0. The van der Waals surface area contributed by atoms with E-state index in [1.54, 1.807) is 19.0 Å². The smallest absolute Gasteiger partial charge is 0.264 e. The van der Waals surface area contributed by atoms with Crippen molar-refractivity contribution in [3.63, 3.8) is 0 Å². The van der Waals surface area contributed by atoms with Gasteiger partial charge in [-0.05, 0) is 19.1 Å². The van der Waals surface area contributed by atoms with Gasteiger partial charge in [-0.15, -0.1) is 11.3 Å². The number of likely N-dealkylation sites (N-methyl/N-ethyl adjacent to an activating group) is 1. The zero-order valence-electron chi connectivity index (χ0n) is 13.5. The number of rotatable bonds is 4. The van der Waals surface area contributed by atoms with Crippen LogP contribution in [0.5, 0.6) is 0 Å². The molecule has 0 aromatic carbocycles. The van der Waals surface area contributed by atoms with Crippen molar-refractivity contribution in [1.82, 2.24) is 14.7 Å². The molecule has 120 valence electrons. The predicted octanol–water partition coefficient (Wildman–Crippen LogP) is 1.46. The van der Waals surface area contributed by atoms with Crippen LogP contribution in [0, 0.1) is 6.92 Å². The van der Waals surface area contributed by atoms with E-state index in [4.69, 9.17) is 0 Å². The normalized spacial score (nSPS) is 15.7. The number of amides is 2. The fourth-order valence-corrected chi connectivity index (χ4v) is 3.30. The molecule has 1 aliphatic rings. The first kappa shape index (κ1) is 16.7. The predicted molar refractivity (Wildman–Crippen MR) is 89.2 cm³/mol. The zero-order chi connectivity index (χ0) is 16.3. The summed E-state index contributed by atoms with van der Waals surface area (Å²) in [5.74, 6) is 0.0773. The van der Waals surface area contributed by atoms with Crippen molar-refractivity contribution in [1.29, 1.82) is 0 Å². The van der Waals surface area contributed by atoms with Crippen LogP contribution in [0.2, 0.25) is 0 Å². The first-order chi connectivity index (χ1) is 10.4. The average molecular weight is 321 g/mol. The second-order valence-corrected chi connectivity index (χ2v) is 7.07. The Balaban J connectivity index is 1.84. The number of aryl methyl sites for hydroxylation is 1. The molecule has 0 saturated carbocycles. The molecule has 0 unspecified atom stereocenters. The molecule has 0 aliphatic carbocycles. The minimum atomic E-state index is -0.0347. The Morgan fingerprint density at radius 3 is 2.36 bits per heavy atom. The first-order valence-electron chi connectivity index (χ1n) is 7.36. The van der Waals surface area contributed by atoms with Gasteiger partial charge in [-0.3, -0.25) is 14.5 Å². The third kappa shape index (κ3) is 3.96. The van der Waals surface area contributed by atoms with Gasteiger partial charge in [-0.25, -0.2) is 0 Å². The van der Waals surface area contributed by atoms with Crippen molar-refractivity contribution >= 4 is 23.2 Å². The van der Waals surface area contributed by atoms with Crippen LogP contribution < -0.4 is 0 Å². The fourth-order valence-electron chi connectivity index (χ4n) is 2.47. The molecule has 5 nitrogen and oxygen atoms in total. The first-order valence-corrected chi connectivity index (χ1v) is 8.17. The summed E-state index contributed by atoms with van der Waals surface area (Å²) in [6.07, 6.45) is 0. The summed E-state index contributed by atoms with van der Waals surface area (Å²) in [6.45, 7) is 9.37. The molecule has 1 aliphatic heterocycles. The van der Waals surface area contributed by atoms with Gasteiger partial charge in [0.05, 0.1) is 4.88 Å². The van der Waals surface area contributed by atoms with E-state index < -0.39 is 0 Å². The molecule has 6 heteroatoms. The van der Waals surface area contributed by atoms with Gasteiger partial charge < -0.3 is 9.80 Å². The van der Waals surface area contributed by atoms with Gasteiger partial charge in [0.25, 0.3) is 5.91 Å². The van der Waals surface area contributed by atoms with Crippen LogP contribution in [0.4, 0.5) is 0 Å². The van der Waals surface area contributed by atoms with E-state index in [9.17, 15) is 9.59 Å². The highest BCUT2D eigenvalue weighted by atomic mass is 32.1. The Kier molecular flexibility index (Phi) is 5.37. The highest BCUT2D eigenvalue weighted by molar-refractivity contribution is 7.13. The molecular formula is C16H23N3O2S. The van der Waals surface area contributed by atoms with Crippen LogP contribution in [0.1, 0.15) is 14.5 Å². The average Bonchev–Trinajstić information content (AvgIpc) is 2.93. The van der Waals surface area contributed by atoms with Crippen LogP contribution in [0.3, 0.4) is 0 Å². The maximum Gasteiger partial charge on any atom is 0.264 e. The number of nitrogens with zero attached hydrogens (tertiary/aromatic N) is 3. The Hall–Kier alpha value is -1.66. The maximum absolute atomic E-state index is 12.4. The Labute approximate surface area is 135 Å². The molecule has 1 saturated heterocycles. The summed E-state index contributed by atoms with van der Waals surface area (Å²) >= 11 is 1.54. The second kappa shape index (κ2) is 7.07. The molecule has 0 N–H and O–H groups in total. The fraction of sp³-hybridized carbons (Fsp3) is 0.500. The van der Waals surface area contributed by atoms with Crippen LogP contribution in [0.25, 0.3) is 0 Å². The maximum atomic E-state index is 12.4. The summed E-state index contributed by atoms with van der Waals surface area (Å²) in [5.41, 5.74) is 0.596. The van der Waals surface area contributed by atoms with Crippen LogP contribution in [0.15, 0.2) is 24.3 Å². The number of carbonyl (C=O) groups is 2. The zero-order valence-corrected chi connectivity index (χ0v) is 14.3. The third-order valence-electron chi connectivity index (χ3n) is 3.73. The molecule has 1 fully saturated rings. The van der Waals surface area contributed by atoms with E-state index in [2.05, 4.69) is 11.5 Å². The minimum Gasteiger partial charge on any atom is -0.345 e. The highest BCUT2D eigenvalue weighted by Gasteiger charge is 2.24. The van der Waals surface area contributed by atoms with Crippen LogP contribution in [-0.2, 0) is 4.79 Å².